The first-order chi connectivity index (χ1) is 15.7. The van der Waals surface area contributed by atoms with E-state index in [0.717, 1.165) is 26.9 Å². The van der Waals surface area contributed by atoms with Crippen molar-refractivity contribution in [1.29, 1.82) is 0 Å². The van der Waals surface area contributed by atoms with E-state index in [1.165, 1.54) is 23.5 Å². The van der Waals surface area contributed by atoms with E-state index in [4.69, 9.17) is 4.98 Å². The highest BCUT2D eigenvalue weighted by Gasteiger charge is 2.24. The van der Waals surface area contributed by atoms with Gasteiger partial charge in [-0.2, -0.15) is 0 Å². The molecule has 0 unspecified atom stereocenters. The van der Waals surface area contributed by atoms with Crippen LogP contribution in [-0.2, 0) is 16.4 Å². The third-order valence-electron chi connectivity index (χ3n) is 5.40. The second kappa shape index (κ2) is 9.03. The van der Waals surface area contributed by atoms with Crippen LogP contribution in [0.4, 0.5) is 5.13 Å². The van der Waals surface area contributed by atoms with Crippen LogP contribution in [0.2, 0.25) is 0 Å². The van der Waals surface area contributed by atoms with Crippen LogP contribution in [0.3, 0.4) is 0 Å². The molecule has 2 aromatic heterocycles. The van der Waals surface area contributed by atoms with Crippen LogP contribution in [0.15, 0.2) is 65.8 Å². The molecule has 170 valence electrons. The van der Waals surface area contributed by atoms with Crippen molar-refractivity contribution in [3.8, 4) is 0 Å². The fourth-order valence-corrected chi connectivity index (χ4v) is 5.67. The SMILES string of the molecule is Cc1cc(C)c2sc(N(Cc3cccnc3)C(=O)c3ccc(S(=O)(=O)C(C)C)cc3)nc2c1. The Morgan fingerprint density at radius 3 is 2.45 bits per heavy atom. The van der Waals surface area contributed by atoms with Crippen LogP contribution in [0.25, 0.3) is 10.2 Å². The van der Waals surface area contributed by atoms with Crippen LogP contribution in [-0.4, -0.2) is 29.5 Å². The average molecular weight is 480 g/mol. The third-order valence-corrected chi connectivity index (χ3v) is 8.80. The summed E-state index contributed by atoms with van der Waals surface area (Å²) >= 11 is 1.47. The molecule has 0 aliphatic heterocycles. The van der Waals surface area contributed by atoms with E-state index < -0.39 is 15.1 Å². The number of aromatic nitrogens is 2. The fraction of sp³-hybridized carbons (Fsp3) is 0.240. The molecule has 0 bridgehead atoms. The number of amides is 1. The zero-order valence-corrected chi connectivity index (χ0v) is 20.6. The normalized spacial score (nSPS) is 11.8. The van der Waals surface area contributed by atoms with Crippen molar-refractivity contribution in [3.63, 3.8) is 0 Å². The van der Waals surface area contributed by atoms with Crippen molar-refractivity contribution in [2.24, 2.45) is 0 Å². The predicted molar refractivity (Wildman–Crippen MR) is 133 cm³/mol. The lowest BCUT2D eigenvalue weighted by atomic mass is 10.1. The number of carbonyl (C=O) groups excluding carboxylic acids is 1. The number of hydrogen-bond acceptors (Lipinski definition) is 6. The van der Waals surface area contributed by atoms with Crippen LogP contribution in [0.5, 0.6) is 0 Å². The molecule has 6 nitrogen and oxygen atoms in total. The monoisotopic (exact) mass is 479 g/mol. The molecular formula is C25H25N3O3S2. The largest absolute Gasteiger partial charge is 0.279 e. The van der Waals surface area contributed by atoms with Gasteiger partial charge in [0.2, 0.25) is 0 Å². The summed E-state index contributed by atoms with van der Waals surface area (Å²) in [4.78, 5) is 24.4. The van der Waals surface area contributed by atoms with E-state index in [1.54, 1.807) is 43.3 Å². The van der Waals surface area contributed by atoms with Gasteiger partial charge in [-0.3, -0.25) is 14.7 Å². The van der Waals surface area contributed by atoms with Crippen molar-refractivity contribution in [3.05, 3.63) is 83.2 Å². The highest BCUT2D eigenvalue weighted by molar-refractivity contribution is 7.92. The molecule has 0 aliphatic carbocycles. The molecule has 0 saturated carbocycles. The average Bonchev–Trinajstić information content (AvgIpc) is 3.22. The van der Waals surface area contributed by atoms with Gasteiger partial charge in [-0.15, -0.1) is 0 Å². The van der Waals surface area contributed by atoms with Crippen LogP contribution in [0, 0.1) is 13.8 Å². The molecule has 4 aromatic rings. The van der Waals surface area contributed by atoms with E-state index in [-0.39, 0.29) is 10.8 Å². The summed E-state index contributed by atoms with van der Waals surface area (Å²) in [6, 6.07) is 14.0. The summed E-state index contributed by atoms with van der Waals surface area (Å²) in [5.41, 5.74) is 4.36. The first kappa shape index (κ1) is 23.1. The number of rotatable bonds is 6. The lowest BCUT2D eigenvalue weighted by Crippen LogP contribution is -2.30. The molecule has 2 aromatic carbocycles. The number of thiazole rings is 1. The van der Waals surface area contributed by atoms with Gasteiger partial charge in [-0.25, -0.2) is 13.4 Å². The molecule has 0 fully saturated rings. The summed E-state index contributed by atoms with van der Waals surface area (Å²) in [6.07, 6.45) is 3.41. The van der Waals surface area contributed by atoms with Gasteiger partial charge in [-0.05, 0) is 80.8 Å². The van der Waals surface area contributed by atoms with Crippen molar-refractivity contribution < 1.29 is 13.2 Å². The van der Waals surface area contributed by atoms with Crippen molar-refractivity contribution in [2.75, 3.05) is 4.90 Å². The summed E-state index contributed by atoms with van der Waals surface area (Å²) in [6.45, 7) is 7.65. The van der Waals surface area contributed by atoms with Gasteiger partial charge < -0.3 is 0 Å². The second-order valence-corrected chi connectivity index (χ2v) is 11.8. The molecule has 0 saturated heterocycles. The summed E-state index contributed by atoms with van der Waals surface area (Å²) in [7, 11) is -3.41. The zero-order chi connectivity index (χ0) is 23.8. The molecule has 4 rings (SSSR count). The minimum Gasteiger partial charge on any atom is -0.279 e. The predicted octanol–water partition coefficient (Wildman–Crippen LogP) is 5.34. The maximum absolute atomic E-state index is 13.6. The number of fused-ring (bicyclic) bond motifs is 1. The quantitative estimate of drug-likeness (QED) is 0.373. The lowest BCUT2D eigenvalue weighted by Gasteiger charge is -2.20. The number of pyridine rings is 1. The minimum absolute atomic E-state index is 0.207. The van der Waals surface area contributed by atoms with E-state index in [1.807, 2.05) is 32.0 Å². The topological polar surface area (TPSA) is 80.2 Å². The van der Waals surface area contributed by atoms with E-state index in [0.29, 0.717) is 17.2 Å². The summed E-state index contributed by atoms with van der Waals surface area (Å²) < 4.78 is 26.0. The zero-order valence-electron chi connectivity index (χ0n) is 18.9. The first-order valence-corrected chi connectivity index (χ1v) is 13.0. The Hall–Kier alpha value is -3.10. The van der Waals surface area contributed by atoms with Gasteiger partial charge in [0, 0.05) is 18.0 Å². The number of anilines is 1. The maximum Gasteiger partial charge on any atom is 0.260 e. The molecule has 0 atom stereocenters. The Balaban J connectivity index is 1.75. The Kier molecular flexibility index (Phi) is 6.32. The molecule has 0 N–H and O–H groups in total. The molecule has 2 heterocycles. The van der Waals surface area contributed by atoms with Crippen LogP contribution in [0.1, 0.15) is 40.9 Å². The van der Waals surface area contributed by atoms with Crippen molar-refractivity contribution in [1.82, 2.24) is 9.97 Å². The molecule has 1 amide bonds. The highest BCUT2D eigenvalue weighted by atomic mass is 32.2. The van der Waals surface area contributed by atoms with Crippen LogP contribution >= 0.6 is 11.3 Å². The van der Waals surface area contributed by atoms with Gasteiger partial charge in [-0.1, -0.05) is 23.5 Å². The van der Waals surface area contributed by atoms with Gasteiger partial charge in [0.15, 0.2) is 15.0 Å². The van der Waals surface area contributed by atoms with Gasteiger partial charge >= 0.3 is 0 Å². The molecule has 8 heteroatoms. The number of carbonyl (C=O) groups is 1. The number of nitrogens with zero attached hydrogens (tertiary/aromatic N) is 3. The van der Waals surface area contributed by atoms with Crippen molar-refractivity contribution >= 4 is 42.4 Å². The molecule has 0 spiro atoms. The Labute approximate surface area is 197 Å². The third kappa shape index (κ3) is 4.67. The number of sulfone groups is 1. The number of hydrogen-bond donors (Lipinski definition) is 0. The Morgan fingerprint density at radius 2 is 1.82 bits per heavy atom. The number of aryl methyl sites for hydroxylation is 2. The Bertz CT molecular complexity index is 1410. The van der Waals surface area contributed by atoms with Gasteiger partial charge in [0.25, 0.3) is 5.91 Å². The summed E-state index contributed by atoms with van der Waals surface area (Å²) in [5, 5.41) is 0.0574. The van der Waals surface area contributed by atoms with Gasteiger partial charge in [0.1, 0.15) is 0 Å². The smallest absolute Gasteiger partial charge is 0.260 e. The standard InChI is InChI=1S/C25H25N3O3S2/c1-16(2)33(30,31)21-9-7-20(8-10-21)24(29)28(15-19-6-5-11-26-14-19)25-27-22-13-17(3)12-18(4)23(22)32-25/h5-14,16H,15H2,1-4H3. The highest BCUT2D eigenvalue weighted by Crippen LogP contribution is 2.33. The lowest BCUT2D eigenvalue weighted by molar-refractivity contribution is 0.0985. The minimum atomic E-state index is -3.41. The first-order valence-electron chi connectivity index (χ1n) is 10.6. The van der Waals surface area contributed by atoms with Crippen LogP contribution < -0.4 is 4.90 Å². The molecule has 0 aliphatic rings. The number of benzene rings is 2. The van der Waals surface area contributed by atoms with E-state index in [9.17, 15) is 13.2 Å². The maximum atomic E-state index is 13.6. The summed E-state index contributed by atoms with van der Waals surface area (Å²) in [5.74, 6) is -0.249. The molecule has 0 radical (unpaired) electrons. The molecular weight excluding hydrogens is 454 g/mol. The molecule has 33 heavy (non-hydrogen) atoms. The van der Waals surface area contributed by atoms with E-state index >= 15 is 0 Å². The fourth-order valence-electron chi connectivity index (χ4n) is 3.60. The van der Waals surface area contributed by atoms with Gasteiger partial charge in [0.05, 0.1) is 26.9 Å². The second-order valence-electron chi connectivity index (χ2n) is 8.30. The van der Waals surface area contributed by atoms with E-state index in [2.05, 4.69) is 11.1 Å². The Morgan fingerprint density at radius 1 is 1.09 bits per heavy atom. The van der Waals surface area contributed by atoms with Crippen molar-refractivity contribution in [2.45, 2.75) is 44.4 Å².